The van der Waals surface area contributed by atoms with Crippen LogP contribution in [0.2, 0.25) is 0 Å². The van der Waals surface area contributed by atoms with E-state index in [1.807, 2.05) is 13.1 Å². The van der Waals surface area contributed by atoms with E-state index in [-0.39, 0.29) is 17.7 Å². The second-order valence-electron chi connectivity index (χ2n) is 4.80. The topological polar surface area (TPSA) is 41.5 Å². The molecule has 18 heavy (non-hydrogen) atoms. The number of hydrogen-bond donors (Lipinski definition) is 2. The first kappa shape index (κ1) is 13.3. The molecule has 4 heteroatoms. The summed E-state index contributed by atoms with van der Waals surface area (Å²) in [6.45, 7) is 0.628. The Morgan fingerprint density at radius 3 is 2.83 bits per heavy atom. The van der Waals surface area contributed by atoms with E-state index in [0.717, 1.165) is 31.2 Å². The van der Waals surface area contributed by atoms with Crippen LogP contribution in [-0.4, -0.2) is 24.4 Å². The van der Waals surface area contributed by atoms with Crippen molar-refractivity contribution in [1.29, 1.82) is 0 Å². The molecule has 1 aliphatic rings. The maximum absolute atomic E-state index is 13.8. The number of rotatable bonds is 4. The third-order valence-electron chi connectivity index (χ3n) is 3.32. The summed E-state index contributed by atoms with van der Waals surface area (Å²) in [5.41, 5.74) is 0.881. The fraction of sp³-hybridized carbons (Fsp3) is 0.571. The minimum Gasteiger partial charge on any atom is -0.485 e. The molecular weight excluding hydrogens is 233 g/mol. The van der Waals surface area contributed by atoms with Gasteiger partial charge in [0.15, 0.2) is 11.6 Å². The standard InChI is InChI=1S/C14H20FNO2/c1-16-9-10-6-7-13(11(15)8-10)18-14-5-3-2-4-12(14)17/h6-8,12,14,16-17H,2-5,9H2,1H3. The van der Waals surface area contributed by atoms with Gasteiger partial charge >= 0.3 is 0 Å². The van der Waals surface area contributed by atoms with Gasteiger partial charge in [-0.25, -0.2) is 4.39 Å². The Morgan fingerprint density at radius 2 is 2.17 bits per heavy atom. The average Bonchev–Trinajstić information content (AvgIpc) is 2.35. The first-order valence-electron chi connectivity index (χ1n) is 6.48. The monoisotopic (exact) mass is 253 g/mol. The lowest BCUT2D eigenvalue weighted by atomic mass is 9.95. The molecule has 0 spiro atoms. The molecule has 2 atom stereocenters. The van der Waals surface area contributed by atoms with Crippen LogP contribution in [0.5, 0.6) is 5.75 Å². The highest BCUT2D eigenvalue weighted by Crippen LogP contribution is 2.26. The van der Waals surface area contributed by atoms with Crippen LogP contribution in [0.4, 0.5) is 4.39 Å². The average molecular weight is 253 g/mol. The summed E-state index contributed by atoms with van der Waals surface area (Å²) in [6.07, 6.45) is 2.83. The second kappa shape index (κ2) is 6.16. The van der Waals surface area contributed by atoms with E-state index >= 15 is 0 Å². The highest BCUT2D eigenvalue weighted by Gasteiger charge is 2.25. The number of ether oxygens (including phenoxy) is 1. The van der Waals surface area contributed by atoms with Gasteiger partial charge in [0.1, 0.15) is 6.10 Å². The van der Waals surface area contributed by atoms with Crippen LogP contribution in [0.1, 0.15) is 31.2 Å². The zero-order chi connectivity index (χ0) is 13.0. The SMILES string of the molecule is CNCc1ccc(OC2CCCCC2O)c(F)c1. The van der Waals surface area contributed by atoms with Gasteiger partial charge in [-0.1, -0.05) is 12.5 Å². The van der Waals surface area contributed by atoms with E-state index in [4.69, 9.17) is 4.74 Å². The molecule has 0 heterocycles. The maximum Gasteiger partial charge on any atom is 0.165 e. The molecule has 2 rings (SSSR count). The predicted molar refractivity (Wildman–Crippen MR) is 68.1 cm³/mol. The van der Waals surface area contributed by atoms with E-state index in [9.17, 15) is 9.50 Å². The van der Waals surface area contributed by atoms with E-state index in [2.05, 4.69) is 5.32 Å². The quantitative estimate of drug-likeness (QED) is 0.864. The van der Waals surface area contributed by atoms with E-state index in [1.165, 1.54) is 6.07 Å². The number of aliphatic hydroxyl groups excluding tert-OH is 1. The minimum absolute atomic E-state index is 0.237. The largest absolute Gasteiger partial charge is 0.485 e. The highest BCUT2D eigenvalue weighted by molar-refractivity contribution is 5.29. The number of benzene rings is 1. The van der Waals surface area contributed by atoms with Crippen molar-refractivity contribution in [2.75, 3.05) is 7.05 Å². The van der Waals surface area contributed by atoms with Gasteiger partial charge in [-0.15, -0.1) is 0 Å². The molecule has 3 nitrogen and oxygen atoms in total. The van der Waals surface area contributed by atoms with Crippen LogP contribution >= 0.6 is 0 Å². The molecule has 1 saturated carbocycles. The van der Waals surface area contributed by atoms with Gasteiger partial charge in [-0.3, -0.25) is 0 Å². The molecule has 100 valence electrons. The lowest BCUT2D eigenvalue weighted by Gasteiger charge is -2.28. The van der Waals surface area contributed by atoms with Gasteiger partial charge < -0.3 is 15.2 Å². The zero-order valence-corrected chi connectivity index (χ0v) is 10.7. The first-order chi connectivity index (χ1) is 8.70. The second-order valence-corrected chi connectivity index (χ2v) is 4.80. The molecule has 2 unspecified atom stereocenters. The Balaban J connectivity index is 2.04. The van der Waals surface area contributed by atoms with Gasteiger partial charge in [0.25, 0.3) is 0 Å². The number of aliphatic hydroxyl groups is 1. The molecule has 0 aromatic heterocycles. The van der Waals surface area contributed by atoms with Crippen LogP contribution in [0.15, 0.2) is 18.2 Å². The van der Waals surface area contributed by atoms with Crippen molar-refractivity contribution in [3.63, 3.8) is 0 Å². The summed E-state index contributed by atoms with van der Waals surface area (Å²) >= 11 is 0. The highest BCUT2D eigenvalue weighted by atomic mass is 19.1. The third kappa shape index (κ3) is 3.21. The molecule has 0 amide bonds. The van der Waals surface area contributed by atoms with Crippen molar-refractivity contribution >= 4 is 0 Å². The number of hydrogen-bond acceptors (Lipinski definition) is 3. The summed E-state index contributed by atoms with van der Waals surface area (Å²) < 4.78 is 19.4. The molecule has 1 fully saturated rings. The Bertz CT molecular complexity index is 397. The van der Waals surface area contributed by atoms with Crippen molar-refractivity contribution < 1.29 is 14.2 Å². The summed E-state index contributed by atoms with van der Waals surface area (Å²) in [5.74, 6) is -0.124. The molecule has 0 aliphatic heterocycles. The maximum atomic E-state index is 13.8. The van der Waals surface area contributed by atoms with Crippen molar-refractivity contribution in [1.82, 2.24) is 5.32 Å². The van der Waals surface area contributed by atoms with E-state index in [1.54, 1.807) is 6.07 Å². The number of halogens is 1. The van der Waals surface area contributed by atoms with Crippen LogP contribution in [0.25, 0.3) is 0 Å². The van der Waals surface area contributed by atoms with Crippen molar-refractivity contribution in [3.8, 4) is 5.75 Å². The number of nitrogens with one attached hydrogen (secondary N) is 1. The molecule has 0 saturated heterocycles. The van der Waals surface area contributed by atoms with Crippen LogP contribution in [0, 0.1) is 5.82 Å². The molecule has 0 radical (unpaired) electrons. The third-order valence-corrected chi connectivity index (χ3v) is 3.32. The summed E-state index contributed by atoms with van der Waals surface area (Å²) in [4.78, 5) is 0. The van der Waals surface area contributed by atoms with E-state index in [0.29, 0.717) is 6.54 Å². The van der Waals surface area contributed by atoms with Gasteiger partial charge in [0.2, 0.25) is 0 Å². The zero-order valence-electron chi connectivity index (χ0n) is 10.7. The van der Waals surface area contributed by atoms with Gasteiger partial charge in [0, 0.05) is 6.54 Å². The lowest BCUT2D eigenvalue weighted by molar-refractivity contribution is 0.00498. The van der Waals surface area contributed by atoms with Crippen molar-refractivity contribution in [2.45, 2.75) is 44.4 Å². The van der Waals surface area contributed by atoms with Gasteiger partial charge in [0.05, 0.1) is 6.10 Å². The molecule has 1 aliphatic carbocycles. The lowest BCUT2D eigenvalue weighted by Crippen LogP contribution is -2.34. The summed E-state index contributed by atoms with van der Waals surface area (Å²) in [6, 6.07) is 4.95. The molecule has 1 aromatic carbocycles. The predicted octanol–water partition coefficient (Wildman–Crippen LogP) is 2.23. The molecule has 0 bridgehead atoms. The van der Waals surface area contributed by atoms with Crippen molar-refractivity contribution in [2.24, 2.45) is 0 Å². The summed E-state index contributed by atoms with van der Waals surface area (Å²) in [5, 5.41) is 12.8. The molecule has 2 N–H and O–H groups in total. The smallest absolute Gasteiger partial charge is 0.165 e. The fourth-order valence-corrected chi connectivity index (χ4v) is 2.33. The Labute approximate surface area is 107 Å². The van der Waals surface area contributed by atoms with Gasteiger partial charge in [-0.2, -0.15) is 0 Å². The first-order valence-corrected chi connectivity index (χ1v) is 6.48. The van der Waals surface area contributed by atoms with Crippen LogP contribution in [-0.2, 0) is 6.54 Å². The Kier molecular flexibility index (Phi) is 4.55. The normalized spacial score (nSPS) is 23.9. The minimum atomic E-state index is -0.477. The van der Waals surface area contributed by atoms with E-state index < -0.39 is 6.10 Å². The molecular formula is C14H20FNO2. The fourth-order valence-electron chi connectivity index (χ4n) is 2.33. The Morgan fingerprint density at radius 1 is 1.39 bits per heavy atom. The van der Waals surface area contributed by atoms with Crippen LogP contribution in [0.3, 0.4) is 0 Å². The summed E-state index contributed by atoms with van der Waals surface area (Å²) in [7, 11) is 1.82. The Hall–Kier alpha value is -1.13. The van der Waals surface area contributed by atoms with Crippen LogP contribution < -0.4 is 10.1 Å². The van der Waals surface area contributed by atoms with Gasteiger partial charge in [-0.05, 0) is 44.0 Å². The van der Waals surface area contributed by atoms with Crippen molar-refractivity contribution in [3.05, 3.63) is 29.6 Å². The molecule has 1 aromatic rings.